The van der Waals surface area contributed by atoms with Crippen LogP contribution in [-0.4, -0.2) is 11.8 Å². The number of imide groups is 1. The van der Waals surface area contributed by atoms with E-state index in [2.05, 4.69) is 0 Å². The van der Waals surface area contributed by atoms with Crippen molar-refractivity contribution in [2.45, 2.75) is 0 Å². The van der Waals surface area contributed by atoms with Gasteiger partial charge in [-0.15, -0.1) is 0 Å². The van der Waals surface area contributed by atoms with E-state index in [0.29, 0.717) is 21.3 Å². The predicted octanol–water partition coefficient (Wildman–Crippen LogP) is 5.17. The van der Waals surface area contributed by atoms with Gasteiger partial charge in [-0.1, -0.05) is 52.5 Å². The van der Waals surface area contributed by atoms with Gasteiger partial charge in [0.1, 0.15) is 5.03 Å². The van der Waals surface area contributed by atoms with Crippen LogP contribution in [0.3, 0.4) is 0 Å². The van der Waals surface area contributed by atoms with Crippen molar-refractivity contribution < 1.29 is 9.59 Å². The fraction of sp³-hybridized carbons (Fsp3) is 0. The predicted molar refractivity (Wildman–Crippen MR) is 93.2 cm³/mol. The first kappa shape index (κ1) is 16.3. The van der Waals surface area contributed by atoms with Crippen LogP contribution in [0.1, 0.15) is 5.56 Å². The molecule has 0 bridgehead atoms. The molecule has 1 aliphatic rings. The third-order valence-electron chi connectivity index (χ3n) is 3.31. The quantitative estimate of drug-likeness (QED) is 0.667. The maximum absolute atomic E-state index is 12.7. The average molecular weight is 387 g/mol. The van der Waals surface area contributed by atoms with Gasteiger partial charge in [0.25, 0.3) is 11.8 Å². The Labute approximate surface area is 152 Å². The fourth-order valence-electron chi connectivity index (χ4n) is 2.25. The second-order valence-electron chi connectivity index (χ2n) is 4.74. The summed E-state index contributed by atoms with van der Waals surface area (Å²) >= 11 is 23.9. The van der Waals surface area contributed by atoms with Crippen LogP contribution in [-0.2, 0) is 9.59 Å². The molecule has 23 heavy (non-hydrogen) atoms. The van der Waals surface area contributed by atoms with E-state index in [1.807, 2.05) is 0 Å². The number of rotatable bonds is 2. The van der Waals surface area contributed by atoms with Crippen molar-refractivity contribution in [1.29, 1.82) is 0 Å². The smallest absolute Gasteiger partial charge is 0.268 e. The molecule has 2 amide bonds. The Kier molecular flexibility index (Phi) is 4.39. The summed E-state index contributed by atoms with van der Waals surface area (Å²) in [6.45, 7) is 0. The molecular weight excluding hydrogens is 380 g/mol. The summed E-state index contributed by atoms with van der Waals surface area (Å²) in [5, 5.41) is 0.966. The van der Waals surface area contributed by atoms with E-state index in [1.54, 1.807) is 36.4 Å². The molecule has 1 aliphatic heterocycles. The maximum Gasteiger partial charge on any atom is 0.277 e. The largest absolute Gasteiger partial charge is 0.277 e. The Morgan fingerprint density at radius 2 is 1.35 bits per heavy atom. The molecule has 3 rings (SSSR count). The molecule has 0 N–H and O–H groups in total. The zero-order valence-electron chi connectivity index (χ0n) is 11.3. The summed E-state index contributed by atoms with van der Waals surface area (Å²) in [5.41, 5.74) is 0.784. The van der Waals surface area contributed by atoms with Gasteiger partial charge in [0.15, 0.2) is 0 Å². The second-order valence-corrected chi connectivity index (χ2v) is 6.39. The number of hydrogen-bond acceptors (Lipinski definition) is 2. The van der Waals surface area contributed by atoms with Crippen molar-refractivity contribution in [3.8, 4) is 0 Å². The first-order valence-electron chi connectivity index (χ1n) is 6.39. The molecule has 0 aromatic heterocycles. The number of halogens is 4. The SMILES string of the molecule is O=C1C(Cl)=C(c2ccc(Cl)cc2Cl)C(=O)N1c1ccc(Cl)cc1. The molecule has 0 radical (unpaired) electrons. The van der Waals surface area contributed by atoms with Crippen molar-refractivity contribution in [2.75, 3.05) is 4.90 Å². The van der Waals surface area contributed by atoms with Gasteiger partial charge in [-0.05, 0) is 36.4 Å². The van der Waals surface area contributed by atoms with E-state index in [4.69, 9.17) is 46.4 Å². The van der Waals surface area contributed by atoms with E-state index in [1.165, 1.54) is 6.07 Å². The zero-order chi connectivity index (χ0) is 16.7. The van der Waals surface area contributed by atoms with Crippen LogP contribution in [0.5, 0.6) is 0 Å². The molecule has 0 saturated heterocycles. The topological polar surface area (TPSA) is 37.4 Å². The van der Waals surface area contributed by atoms with E-state index in [0.717, 1.165) is 4.90 Å². The summed E-state index contributed by atoms with van der Waals surface area (Å²) in [4.78, 5) is 26.0. The minimum absolute atomic E-state index is 0.0493. The number of benzene rings is 2. The van der Waals surface area contributed by atoms with Crippen molar-refractivity contribution in [2.24, 2.45) is 0 Å². The van der Waals surface area contributed by atoms with E-state index in [9.17, 15) is 9.59 Å². The van der Waals surface area contributed by atoms with Crippen LogP contribution in [0.25, 0.3) is 5.57 Å². The highest BCUT2D eigenvalue weighted by molar-refractivity contribution is 6.61. The van der Waals surface area contributed by atoms with Crippen LogP contribution >= 0.6 is 46.4 Å². The van der Waals surface area contributed by atoms with Crippen molar-refractivity contribution >= 4 is 69.5 Å². The standard InChI is InChI=1S/C16H7Cl4NO2/c17-8-1-4-10(5-2-8)21-15(22)13(14(20)16(21)23)11-6-3-9(18)7-12(11)19/h1-7H. The molecule has 0 aliphatic carbocycles. The van der Waals surface area contributed by atoms with Gasteiger partial charge < -0.3 is 0 Å². The van der Waals surface area contributed by atoms with E-state index in [-0.39, 0.29) is 15.6 Å². The first-order chi connectivity index (χ1) is 10.9. The lowest BCUT2D eigenvalue weighted by atomic mass is 10.1. The van der Waals surface area contributed by atoms with Crippen LogP contribution < -0.4 is 4.90 Å². The molecular formula is C16H7Cl4NO2. The highest BCUT2D eigenvalue weighted by Gasteiger charge is 2.39. The highest BCUT2D eigenvalue weighted by atomic mass is 35.5. The first-order valence-corrected chi connectivity index (χ1v) is 7.91. The lowest BCUT2D eigenvalue weighted by Crippen LogP contribution is -2.31. The molecule has 0 unspecified atom stereocenters. The summed E-state index contributed by atoms with van der Waals surface area (Å²) < 4.78 is 0. The number of hydrogen-bond donors (Lipinski definition) is 0. The monoisotopic (exact) mass is 385 g/mol. The Bertz CT molecular complexity index is 859. The minimum atomic E-state index is -0.611. The molecule has 116 valence electrons. The molecule has 2 aromatic carbocycles. The van der Waals surface area contributed by atoms with Crippen molar-refractivity contribution in [3.63, 3.8) is 0 Å². The van der Waals surface area contributed by atoms with E-state index < -0.39 is 11.8 Å². The number of amides is 2. The number of carbonyl (C=O) groups is 2. The van der Waals surface area contributed by atoms with E-state index >= 15 is 0 Å². The van der Waals surface area contributed by atoms with Gasteiger partial charge in [-0.25, -0.2) is 4.90 Å². The number of anilines is 1. The Hall–Kier alpha value is -1.52. The molecule has 3 nitrogen and oxygen atoms in total. The summed E-state index contributed by atoms with van der Waals surface area (Å²) in [6.07, 6.45) is 0. The van der Waals surface area contributed by atoms with Crippen molar-refractivity contribution in [1.82, 2.24) is 0 Å². The van der Waals surface area contributed by atoms with Gasteiger partial charge in [-0.3, -0.25) is 9.59 Å². The van der Waals surface area contributed by atoms with Crippen molar-refractivity contribution in [3.05, 3.63) is 68.1 Å². The van der Waals surface area contributed by atoms with Gasteiger partial charge in [0, 0.05) is 15.6 Å². The normalized spacial score (nSPS) is 14.9. The third kappa shape index (κ3) is 2.86. The van der Waals surface area contributed by atoms with Crippen LogP contribution in [0.15, 0.2) is 47.5 Å². The van der Waals surface area contributed by atoms with Gasteiger partial charge in [0.2, 0.25) is 0 Å². The summed E-state index contributed by atoms with van der Waals surface area (Å²) in [5.74, 6) is -1.16. The number of nitrogens with zero attached hydrogens (tertiary/aromatic N) is 1. The van der Waals surface area contributed by atoms with Gasteiger partial charge in [-0.2, -0.15) is 0 Å². The fourth-order valence-corrected chi connectivity index (χ4v) is 3.15. The molecule has 1 heterocycles. The Morgan fingerprint density at radius 3 is 1.96 bits per heavy atom. The van der Waals surface area contributed by atoms with Crippen LogP contribution in [0, 0.1) is 0 Å². The van der Waals surface area contributed by atoms with Crippen LogP contribution in [0.4, 0.5) is 5.69 Å². The molecule has 2 aromatic rings. The Morgan fingerprint density at radius 1 is 0.739 bits per heavy atom. The maximum atomic E-state index is 12.7. The van der Waals surface area contributed by atoms with Gasteiger partial charge in [0.05, 0.1) is 16.3 Å². The molecule has 0 spiro atoms. The lowest BCUT2D eigenvalue weighted by Gasteiger charge is -2.15. The van der Waals surface area contributed by atoms with Crippen LogP contribution in [0.2, 0.25) is 15.1 Å². The van der Waals surface area contributed by atoms with Gasteiger partial charge >= 0.3 is 0 Å². The Balaban J connectivity index is 2.08. The third-order valence-corrected chi connectivity index (χ3v) is 4.46. The second kappa shape index (κ2) is 6.17. The number of carbonyl (C=O) groups excluding carboxylic acids is 2. The summed E-state index contributed by atoms with van der Waals surface area (Å²) in [7, 11) is 0. The molecule has 0 atom stereocenters. The molecule has 0 fully saturated rings. The molecule has 7 heteroatoms. The minimum Gasteiger partial charge on any atom is -0.268 e. The summed E-state index contributed by atoms with van der Waals surface area (Å²) in [6, 6.07) is 10.9. The highest BCUT2D eigenvalue weighted by Crippen LogP contribution is 2.38. The molecule has 0 saturated carbocycles. The average Bonchev–Trinajstić information content (AvgIpc) is 2.72. The lowest BCUT2D eigenvalue weighted by molar-refractivity contribution is -0.119. The zero-order valence-corrected chi connectivity index (χ0v) is 14.3.